The zero-order valence-corrected chi connectivity index (χ0v) is 16.3. The van der Waals surface area contributed by atoms with Crippen LogP contribution in [0.3, 0.4) is 0 Å². The predicted molar refractivity (Wildman–Crippen MR) is 103 cm³/mol. The van der Waals surface area contributed by atoms with E-state index in [1.807, 2.05) is 12.1 Å². The van der Waals surface area contributed by atoms with Gasteiger partial charge < -0.3 is 14.4 Å². The molecule has 1 N–H and O–H groups in total. The molecule has 1 fully saturated rings. The normalized spacial score (nSPS) is 16.5. The number of aryl methyl sites for hydroxylation is 1. The molecule has 1 saturated carbocycles. The molecule has 146 valence electrons. The van der Waals surface area contributed by atoms with Crippen LogP contribution in [0, 0.1) is 6.92 Å². The number of hydrogen-bond acceptors (Lipinski definition) is 6. The summed E-state index contributed by atoms with van der Waals surface area (Å²) in [4.78, 5) is 17.4. The van der Waals surface area contributed by atoms with Gasteiger partial charge in [-0.15, -0.1) is 0 Å². The first-order chi connectivity index (χ1) is 13.6. The number of amides is 1. The van der Waals surface area contributed by atoms with Crippen molar-refractivity contribution in [3.05, 3.63) is 52.8 Å². The Morgan fingerprint density at radius 1 is 1.11 bits per heavy atom. The summed E-state index contributed by atoms with van der Waals surface area (Å²) in [7, 11) is 0. The first-order valence-corrected chi connectivity index (χ1v) is 9.79. The van der Waals surface area contributed by atoms with E-state index >= 15 is 0 Å². The van der Waals surface area contributed by atoms with E-state index in [1.165, 1.54) is 0 Å². The van der Waals surface area contributed by atoms with Crippen LogP contribution in [0.25, 0.3) is 11.3 Å². The van der Waals surface area contributed by atoms with Crippen molar-refractivity contribution in [2.24, 2.45) is 0 Å². The van der Waals surface area contributed by atoms with Crippen LogP contribution in [0.5, 0.6) is 0 Å². The lowest BCUT2D eigenvalue weighted by Gasteiger charge is -2.30. The van der Waals surface area contributed by atoms with Crippen LogP contribution in [0.1, 0.15) is 60.7 Å². The number of nitrogens with zero attached hydrogens (tertiary/aromatic N) is 3. The van der Waals surface area contributed by atoms with Gasteiger partial charge in [-0.05, 0) is 25.0 Å². The van der Waals surface area contributed by atoms with Gasteiger partial charge in [0.15, 0.2) is 17.3 Å². The Hall–Kier alpha value is -2.67. The molecule has 0 bridgehead atoms. The minimum Gasteiger partial charge on any atom is -0.355 e. The molecule has 1 amide bonds. The molecule has 0 unspecified atom stereocenters. The summed E-state index contributed by atoms with van der Waals surface area (Å²) in [6, 6.07) is 8.82. The summed E-state index contributed by atoms with van der Waals surface area (Å²) >= 11 is 6.03. The zero-order chi connectivity index (χ0) is 19.6. The molecule has 0 radical (unpaired) electrons. The van der Waals surface area contributed by atoms with Gasteiger partial charge in [0.25, 0.3) is 5.91 Å². The molecular weight excluding hydrogens is 380 g/mol. The minimum atomic E-state index is -0.652. The highest BCUT2D eigenvalue weighted by molar-refractivity contribution is 6.30. The van der Waals surface area contributed by atoms with Crippen molar-refractivity contribution >= 4 is 17.5 Å². The molecule has 0 aliphatic heterocycles. The second-order valence-corrected chi connectivity index (χ2v) is 7.61. The maximum Gasteiger partial charge on any atom is 0.274 e. The van der Waals surface area contributed by atoms with Crippen molar-refractivity contribution in [1.82, 2.24) is 20.6 Å². The molecular formula is C20H21ClN4O3. The fourth-order valence-corrected chi connectivity index (χ4v) is 3.86. The smallest absolute Gasteiger partial charge is 0.274 e. The molecule has 0 saturated heterocycles. The van der Waals surface area contributed by atoms with Crippen LogP contribution in [0.15, 0.2) is 39.4 Å². The van der Waals surface area contributed by atoms with Crippen LogP contribution in [0.2, 0.25) is 5.02 Å². The second kappa shape index (κ2) is 7.75. The van der Waals surface area contributed by atoms with E-state index in [9.17, 15) is 4.79 Å². The van der Waals surface area contributed by atoms with Crippen molar-refractivity contribution in [1.29, 1.82) is 0 Å². The van der Waals surface area contributed by atoms with Gasteiger partial charge in [0.05, 0.1) is 0 Å². The molecule has 2 aromatic heterocycles. The predicted octanol–water partition coefficient (Wildman–Crippen LogP) is 4.67. The number of benzene rings is 1. The lowest BCUT2D eigenvalue weighted by Crippen LogP contribution is -2.46. The summed E-state index contributed by atoms with van der Waals surface area (Å²) in [5, 5.41) is 11.8. The van der Waals surface area contributed by atoms with Crippen LogP contribution >= 0.6 is 11.6 Å². The Kier molecular flexibility index (Phi) is 5.17. The summed E-state index contributed by atoms with van der Waals surface area (Å²) in [5.74, 6) is 1.18. The van der Waals surface area contributed by atoms with E-state index in [0.29, 0.717) is 22.5 Å². The quantitative estimate of drug-likeness (QED) is 0.639. The maximum absolute atomic E-state index is 13.0. The Morgan fingerprint density at radius 3 is 2.57 bits per heavy atom. The standard InChI is InChI=1S/C20H21ClN4O3/c1-13-22-19(25-27-13)20(9-4-2-3-5-10-20)23-18(26)16-12-17(28-24-16)14-7-6-8-15(21)11-14/h6-8,11-12H,2-5,9-10H2,1H3,(H,23,26). The van der Waals surface area contributed by atoms with E-state index in [0.717, 1.165) is 44.1 Å². The van der Waals surface area contributed by atoms with Crippen molar-refractivity contribution in [3.8, 4) is 11.3 Å². The van der Waals surface area contributed by atoms with Crippen LogP contribution < -0.4 is 5.32 Å². The molecule has 0 atom stereocenters. The summed E-state index contributed by atoms with van der Waals surface area (Å²) in [5.41, 5.74) is 0.316. The highest BCUT2D eigenvalue weighted by Crippen LogP contribution is 2.35. The minimum absolute atomic E-state index is 0.207. The SMILES string of the molecule is Cc1nc(C2(NC(=O)c3cc(-c4cccc(Cl)c4)on3)CCCCCC2)no1. The van der Waals surface area contributed by atoms with Crippen molar-refractivity contribution in [2.75, 3.05) is 0 Å². The molecule has 4 rings (SSSR count). The molecule has 1 aliphatic carbocycles. The topological polar surface area (TPSA) is 94.1 Å². The first-order valence-electron chi connectivity index (χ1n) is 9.42. The van der Waals surface area contributed by atoms with Gasteiger partial charge in [-0.2, -0.15) is 4.98 Å². The highest BCUT2D eigenvalue weighted by atomic mass is 35.5. The van der Waals surface area contributed by atoms with Gasteiger partial charge in [0, 0.05) is 23.6 Å². The molecule has 28 heavy (non-hydrogen) atoms. The van der Waals surface area contributed by atoms with Crippen LogP contribution in [-0.4, -0.2) is 21.2 Å². The third-order valence-corrected chi connectivity index (χ3v) is 5.35. The molecule has 8 heteroatoms. The van der Waals surface area contributed by atoms with E-state index in [4.69, 9.17) is 20.6 Å². The number of carbonyl (C=O) groups is 1. The van der Waals surface area contributed by atoms with Crippen molar-refractivity contribution < 1.29 is 13.8 Å². The molecule has 2 heterocycles. The fourth-order valence-electron chi connectivity index (χ4n) is 3.67. The van der Waals surface area contributed by atoms with E-state index in [-0.39, 0.29) is 11.6 Å². The number of nitrogens with one attached hydrogen (secondary N) is 1. The Balaban J connectivity index is 1.60. The number of carbonyl (C=O) groups excluding carboxylic acids is 1. The average molecular weight is 401 g/mol. The molecule has 1 aromatic carbocycles. The maximum atomic E-state index is 13.0. The van der Waals surface area contributed by atoms with Crippen molar-refractivity contribution in [2.45, 2.75) is 51.0 Å². The number of rotatable bonds is 4. The summed E-state index contributed by atoms with van der Waals surface area (Å²) < 4.78 is 10.5. The second-order valence-electron chi connectivity index (χ2n) is 7.17. The number of aromatic nitrogens is 3. The van der Waals surface area contributed by atoms with Crippen molar-refractivity contribution in [3.63, 3.8) is 0 Å². The summed E-state index contributed by atoms with van der Waals surface area (Å²) in [6.07, 6.45) is 5.74. The monoisotopic (exact) mass is 400 g/mol. The van der Waals surface area contributed by atoms with E-state index in [1.54, 1.807) is 25.1 Å². The molecule has 1 aliphatic rings. The van der Waals surface area contributed by atoms with Gasteiger partial charge in [-0.3, -0.25) is 4.79 Å². The zero-order valence-electron chi connectivity index (χ0n) is 15.6. The third kappa shape index (κ3) is 3.80. The Labute approximate surface area is 167 Å². The Bertz CT molecular complexity index is 973. The first kappa shape index (κ1) is 18.7. The highest BCUT2D eigenvalue weighted by Gasteiger charge is 2.39. The lowest BCUT2D eigenvalue weighted by molar-refractivity contribution is 0.0867. The summed E-state index contributed by atoms with van der Waals surface area (Å²) in [6.45, 7) is 1.75. The van der Waals surface area contributed by atoms with E-state index in [2.05, 4.69) is 20.6 Å². The van der Waals surface area contributed by atoms with Gasteiger partial charge in [-0.25, -0.2) is 0 Å². The lowest BCUT2D eigenvalue weighted by atomic mass is 9.89. The number of hydrogen-bond donors (Lipinski definition) is 1. The van der Waals surface area contributed by atoms with Crippen LogP contribution in [0.4, 0.5) is 0 Å². The van der Waals surface area contributed by atoms with Crippen LogP contribution in [-0.2, 0) is 5.54 Å². The van der Waals surface area contributed by atoms with Gasteiger partial charge in [0.1, 0.15) is 5.54 Å². The Morgan fingerprint density at radius 2 is 1.89 bits per heavy atom. The molecule has 0 spiro atoms. The van der Waals surface area contributed by atoms with Gasteiger partial charge in [0.2, 0.25) is 5.89 Å². The molecule has 7 nitrogen and oxygen atoms in total. The van der Waals surface area contributed by atoms with Gasteiger partial charge in [-0.1, -0.05) is 59.7 Å². The number of halogens is 1. The largest absolute Gasteiger partial charge is 0.355 e. The molecule has 3 aromatic rings. The average Bonchev–Trinajstić information content (AvgIpc) is 3.28. The fraction of sp³-hybridized carbons (Fsp3) is 0.400. The third-order valence-electron chi connectivity index (χ3n) is 5.12. The van der Waals surface area contributed by atoms with Gasteiger partial charge >= 0.3 is 0 Å². The van der Waals surface area contributed by atoms with E-state index < -0.39 is 5.54 Å².